The van der Waals surface area contributed by atoms with Crippen molar-refractivity contribution in [3.05, 3.63) is 188 Å². The number of nitrogens with zero attached hydrogens (tertiary/aromatic N) is 1. The van der Waals surface area contributed by atoms with Crippen LogP contribution in [0.2, 0.25) is 0 Å². The van der Waals surface area contributed by atoms with Crippen molar-refractivity contribution in [3.8, 4) is 33.4 Å². The lowest BCUT2D eigenvalue weighted by Gasteiger charge is -2.25. The number of benzene rings is 8. The zero-order valence-corrected chi connectivity index (χ0v) is 26.3. The van der Waals surface area contributed by atoms with Crippen molar-refractivity contribution in [2.45, 2.75) is 0 Å². The van der Waals surface area contributed by atoms with Gasteiger partial charge in [0.1, 0.15) is 11.2 Å². The molecule has 0 aliphatic carbocycles. The van der Waals surface area contributed by atoms with E-state index in [0.717, 1.165) is 39.0 Å². The molecule has 0 radical (unpaired) electrons. The first-order chi connectivity index (χ1) is 23.8. The van der Waals surface area contributed by atoms with Crippen molar-refractivity contribution in [1.82, 2.24) is 0 Å². The molecule has 0 saturated carbocycles. The summed E-state index contributed by atoms with van der Waals surface area (Å²) in [5.41, 5.74) is 12.3. The standard InChI is InChI=1S/C46H31NO/c1-3-12-33(13-4-1)40-21-10-14-34-15-11-22-41(46(34)40)36-17-9-16-35(30-36)32-24-26-38(27-25-32)47(37-18-5-2-6-19-37)39-28-29-43-42-20-7-8-23-44(42)48-45(43)31-39/h1-31H. The molecule has 0 fully saturated rings. The van der Waals surface area contributed by atoms with Gasteiger partial charge in [-0.05, 0) is 92.7 Å². The average molecular weight is 614 g/mol. The van der Waals surface area contributed by atoms with E-state index in [1.807, 2.05) is 12.1 Å². The maximum absolute atomic E-state index is 6.27. The highest BCUT2D eigenvalue weighted by Crippen LogP contribution is 2.40. The lowest BCUT2D eigenvalue weighted by Crippen LogP contribution is -2.09. The second kappa shape index (κ2) is 11.8. The van der Waals surface area contributed by atoms with Gasteiger partial charge in [0.15, 0.2) is 0 Å². The van der Waals surface area contributed by atoms with Crippen LogP contribution in [0.4, 0.5) is 17.1 Å². The Labute approximate surface area is 279 Å². The van der Waals surface area contributed by atoms with Crippen LogP contribution < -0.4 is 4.90 Å². The number of fused-ring (bicyclic) bond motifs is 4. The molecule has 0 N–H and O–H groups in total. The predicted octanol–water partition coefficient (Wildman–Crippen LogP) is 13.2. The Morgan fingerprint density at radius 2 is 0.917 bits per heavy atom. The summed E-state index contributed by atoms with van der Waals surface area (Å²) in [7, 11) is 0. The Morgan fingerprint density at radius 1 is 0.333 bits per heavy atom. The van der Waals surface area contributed by atoms with E-state index in [0.29, 0.717) is 0 Å². The van der Waals surface area contributed by atoms with Gasteiger partial charge in [-0.3, -0.25) is 0 Å². The second-order valence-corrected chi connectivity index (χ2v) is 12.2. The monoisotopic (exact) mass is 613 g/mol. The maximum Gasteiger partial charge on any atom is 0.137 e. The van der Waals surface area contributed by atoms with Crippen LogP contribution in [-0.2, 0) is 0 Å². The Balaban J connectivity index is 1.11. The average Bonchev–Trinajstić information content (AvgIpc) is 3.54. The van der Waals surface area contributed by atoms with Crippen molar-refractivity contribution < 1.29 is 4.42 Å². The van der Waals surface area contributed by atoms with Crippen molar-refractivity contribution in [3.63, 3.8) is 0 Å². The number of anilines is 3. The fourth-order valence-corrected chi connectivity index (χ4v) is 6.99. The van der Waals surface area contributed by atoms with Gasteiger partial charge in [0.05, 0.1) is 0 Å². The van der Waals surface area contributed by atoms with Crippen LogP contribution >= 0.6 is 0 Å². The number of hydrogen-bond donors (Lipinski definition) is 0. The molecule has 0 spiro atoms. The second-order valence-electron chi connectivity index (χ2n) is 12.2. The summed E-state index contributed by atoms with van der Waals surface area (Å²) in [5, 5.41) is 4.78. The van der Waals surface area contributed by atoms with E-state index in [4.69, 9.17) is 4.42 Å². The summed E-state index contributed by atoms with van der Waals surface area (Å²) < 4.78 is 6.27. The molecule has 0 amide bonds. The lowest BCUT2D eigenvalue weighted by atomic mass is 9.90. The highest BCUT2D eigenvalue weighted by atomic mass is 16.3. The van der Waals surface area contributed by atoms with Crippen molar-refractivity contribution in [2.24, 2.45) is 0 Å². The van der Waals surface area contributed by atoms with E-state index in [9.17, 15) is 0 Å². The maximum atomic E-state index is 6.27. The lowest BCUT2D eigenvalue weighted by molar-refractivity contribution is 0.669. The summed E-state index contributed by atoms with van der Waals surface area (Å²) in [6, 6.07) is 66.9. The molecular weight excluding hydrogens is 583 g/mol. The molecule has 0 saturated heterocycles. The third-order valence-electron chi connectivity index (χ3n) is 9.26. The third kappa shape index (κ3) is 4.92. The van der Waals surface area contributed by atoms with E-state index in [1.165, 1.54) is 44.2 Å². The van der Waals surface area contributed by atoms with Crippen LogP contribution in [0.25, 0.3) is 66.1 Å². The third-order valence-corrected chi connectivity index (χ3v) is 9.26. The quantitative estimate of drug-likeness (QED) is 0.185. The molecule has 226 valence electrons. The van der Waals surface area contributed by atoms with Crippen molar-refractivity contribution >= 4 is 49.8 Å². The van der Waals surface area contributed by atoms with E-state index in [1.54, 1.807) is 0 Å². The molecule has 9 rings (SSSR count). The molecule has 2 nitrogen and oxygen atoms in total. The molecule has 9 aromatic rings. The van der Waals surface area contributed by atoms with Crippen molar-refractivity contribution in [2.75, 3.05) is 4.90 Å². The van der Waals surface area contributed by atoms with E-state index < -0.39 is 0 Å². The van der Waals surface area contributed by atoms with E-state index in [-0.39, 0.29) is 0 Å². The minimum absolute atomic E-state index is 0.881. The first kappa shape index (κ1) is 27.9. The van der Waals surface area contributed by atoms with E-state index in [2.05, 4.69) is 181 Å². The van der Waals surface area contributed by atoms with Gasteiger partial charge in [-0.15, -0.1) is 0 Å². The summed E-state index contributed by atoms with van der Waals surface area (Å²) in [6.07, 6.45) is 0. The molecule has 0 bridgehead atoms. The van der Waals surface area contributed by atoms with Crippen LogP contribution in [0.5, 0.6) is 0 Å². The fourth-order valence-electron chi connectivity index (χ4n) is 6.99. The zero-order chi connectivity index (χ0) is 31.9. The summed E-state index contributed by atoms with van der Waals surface area (Å²) in [5.74, 6) is 0. The van der Waals surface area contributed by atoms with Crippen LogP contribution in [0.3, 0.4) is 0 Å². The fraction of sp³-hybridized carbons (Fsp3) is 0. The molecule has 2 heteroatoms. The van der Waals surface area contributed by atoms with Gasteiger partial charge in [0.25, 0.3) is 0 Å². The van der Waals surface area contributed by atoms with Crippen LogP contribution in [-0.4, -0.2) is 0 Å². The Bertz CT molecular complexity index is 2540. The van der Waals surface area contributed by atoms with Gasteiger partial charge in [-0.2, -0.15) is 0 Å². The summed E-state index contributed by atoms with van der Waals surface area (Å²) in [6.45, 7) is 0. The molecule has 0 aliphatic rings. The molecule has 0 unspecified atom stereocenters. The van der Waals surface area contributed by atoms with Crippen LogP contribution in [0.15, 0.2) is 192 Å². The number of furan rings is 1. The highest BCUT2D eigenvalue weighted by Gasteiger charge is 2.16. The number of para-hydroxylation sites is 2. The summed E-state index contributed by atoms with van der Waals surface area (Å²) in [4.78, 5) is 2.29. The van der Waals surface area contributed by atoms with Gasteiger partial charge >= 0.3 is 0 Å². The largest absolute Gasteiger partial charge is 0.456 e. The molecule has 0 atom stereocenters. The predicted molar refractivity (Wildman–Crippen MR) is 202 cm³/mol. The minimum Gasteiger partial charge on any atom is -0.456 e. The van der Waals surface area contributed by atoms with Crippen LogP contribution in [0, 0.1) is 0 Å². The molecule has 0 aliphatic heterocycles. The molecule has 1 aromatic heterocycles. The van der Waals surface area contributed by atoms with Crippen molar-refractivity contribution in [1.29, 1.82) is 0 Å². The Morgan fingerprint density at radius 3 is 1.71 bits per heavy atom. The minimum atomic E-state index is 0.881. The molecular formula is C46H31NO. The molecule has 48 heavy (non-hydrogen) atoms. The first-order valence-electron chi connectivity index (χ1n) is 16.3. The van der Waals surface area contributed by atoms with Gasteiger partial charge < -0.3 is 9.32 Å². The molecule has 8 aromatic carbocycles. The normalized spacial score (nSPS) is 11.3. The van der Waals surface area contributed by atoms with Gasteiger partial charge in [-0.1, -0.05) is 133 Å². The van der Waals surface area contributed by atoms with Gasteiger partial charge in [0, 0.05) is 33.9 Å². The SMILES string of the molecule is c1ccc(-c2cccc3cccc(-c4cccc(-c5ccc(N(c6ccccc6)c6ccc7c(c6)oc6ccccc67)cc5)c4)c23)cc1. The highest BCUT2D eigenvalue weighted by molar-refractivity contribution is 6.07. The smallest absolute Gasteiger partial charge is 0.137 e. The van der Waals surface area contributed by atoms with E-state index >= 15 is 0 Å². The Hall–Kier alpha value is -6.38. The first-order valence-corrected chi connectivity index (χ1v) is 16.3. The number of rotatable bonds is 6. The van der Waals surface area contributed by atoms with Gasteiger partial charge in [0.2, 0.25) is 0 Å². The van der Waals surface area contributed by atoms with Crippen LogP contribution in [0.1, 0.15) is 0 Å². The zero-order valence-electron chi connectivity index (χ0n) is 26.3. The molecule has 1 heterocycles. The Kier molecular flexibility index (Phi) is 6.84. The van der Waals surface area contributed by atoms with Gasteiger partial charge in [-0.25, -0.2) is 0 Å². The summed E-state index contributed by atoms with van der Waals surface area (Å²) >= 11 is 0. The number of hydrogen-bond acceptors (Lipinski definition) is 2. The topological polar surface area (TPSA) is 16.4 Å².